The summed E-state index contributed by atoms with van der Waals surface area (Å²) < 4.78 is 51.8. The van der Waals surface area contributed by atoms with Crippen molar-refractivity contribution in [1.29, 1.82) is 0 Å². The standard InChI is InChI=1S/C22H22F3NO4/c23-18-7-20(25)19(24)6-15(18)8-22(28)9-16-12-29-13-17(10-22)26(16)21(27)30-11-14-4-2-1-3-5-14/h1-7,16-17,28H,8-13H2. The minimum absolute atomic E-state index is 0.101. The summed E-state index contributed by atoms with van der Waals surface area (Å²) in [6.07, 6.45) is -0.459. The Morgan fingerprint density at radius 1 is 1.07 bits per heavy atom. The monoisotopic (exact) mass is 421 g/mol. The van der Waals surface area contributed by atoms with Crippen LogP contribution in [0.25, 0.3) is 0 Å². The summed E-state index contributed by atoms with van der Waals surface area (Å²) in [6, 6.07) is 9.61. The van der Waals surface area contributed by atoms with Gasteiger partial charge in [-0.1, -0.05) is 30.3 Å². The van der Waals surface area contributed by atoms with Crippen molar-refractivity contribution in [1.82, 2.24) is 4.90 Å². The topological polar surface area (TPSA) is 59.0 Å². The summed E-state index contributed by atoms with van der Waals surface area (Å²) >= 11 is 0. The molecular formula is C22H22F3NO4. The van der Waals surface area contributed by atoms with Gasteiger partial charge in [-0.15, -0.1) is 0 Å². The van der Waals surface area contributed by atoms with E-state index in [1.807, 2.05) is 30.3 Å². The SMILES string of the molecule is O=C(OCc1ccccc1)N1C2COCC1CC(O)(Cc1cc(F)c(F)cc1F)C2. The van der Waals surface area contributed by atoms with Crippen molar-refractivity contribution in [3.63, 3.8) is 0 Å². The molecule has 2 aromatic carbocycles. The zero-order valence-corrected chi connectivity index (χ0v) is 16.2. The highest BCUT2D eigenvalue weighted by Gasteiger charge is 2.48. The number of carbonyl (C=O) groups excluding carboxylic acids is 1. The Labute approximate surface area is 172 Å². The highest BCUT2D eigenvalue weighted by atomic mass is 19.2. The van der Waals surface area contributed by atoms with Crippen LogP contribution >= 0.6 is 0 Å². The smallest absolute Gasteiger partial charge is 0.410 e. The van der Waals surface area contributed by atoms with Crippen molar-refractivity contribution in [2.24, 2.45) is 0 Å². The second kappa shape index (κ2) is 8.28. The largest absolute Gasteiger partial charge is 0.445 e. The van der Waals surface area contributed by atoms with Crippen molar-refractivity contribution in [2.75, 3.05) is 13.2 Å². The van der Waals surface area contributed by atoms with Crippen molar-refractivity contribution in [3.8, 4) is 0 Å². The van der Waals surface area contributed by atoms with Crippen molar-refractivity contribution < 1.29 is 32.5 Å². The third-order valence-corrected chi connectivity index (χ3v) is 5.66. The van der Waals surface area contributed by atoms with Crippen molar-refractivity contribution in [2.45, 2.75) is 43.6 Å². The zero-order chi connectivity index (χ0) is 21.3. The first-order chi connectivity index (χ1) is 14.3. The Morgan fingerprint density at radius 3 is 2.37 bits per heavy atom. The van der Waals surface area contributed by atoms with Gasteiger partial charge >= 0.3 is 6.09 Å². The Bertz CT molecular complexity index is 910. The summed E-state index contributed by atoms with van der Waals surface area (Å²) in [5.74, 6) is -3.35. The molecule has 2 unspecified atom stereocenters. The number of halogens is 3. The maximum atomic E-state index is 14.1. The van der Waals surface area contributed by atoms with E-state index in [4.69, 9.17) is 9.47 Å². The van der Waals surface area contributed by atoms with E-state index in [2.05, 4.69) is 0 Å². The summed E-state index contributed by atoms with van der Waals surface area (Å²) in [5.41, 5.74) is -0.620. The molecule has 0 spiro atoms. The fourth-order valence-electron chi connectivity index (χ4n) is 4.36. The molecule has 2 bridgehead atoms. The van der Waals surface area contributed by atoms with Crippen LogP contribution in [0.3, 0.4) is 0 Å². The van der Waals surface area contributed by atoms with E-state index < -0.39 is 41.2 Å². The summed E-state index contributed by atoms with van der Waals surface area (Å²) in [6.45, 7) is 0.541. The number of aliphatic hydroxyl groups is 1. The predicted octanol–water partition coefficient (Wildman–Crippen LogP) is 3.58. The number of carbonyl (C=O) groups is 1. The lowest BCUT2D eigenvalue weighted by Crippen LogP contribution is -2.64. The Hall–Kier alpha value is -2.58. The molecule has 160 valence electrons. The molecule has 0 aromatic heterocycles. The molecule has 4 rings (SSSR count). The minimum atomic E-state index is -1.37. The first-order valence-electron chi connectivity index (χ1n) is 9.77. The molecule has 5 nitrogen and oxygen atoms in total. The van der Waals surface area contributed by atoms with Crippen LogP contribution in [-0.2, 0) is 22.5 Å². The van der Waals surface area contributed by atoms with Gasteiger partial charge in [0.25, 0.3) is 0 Å². The quantitative estimate of drug-likeness (QED) is 0.767. The molecule has 2 heterocycles. The summed E-state index contributed by atoms with van der Waals surface area (Å²) in [7, 11) is 0. The number of benzene rings is 2. The molecule has 0 radical (unpaired) electrons. The molecule has 0 saturated carbocycles. The highest BCUT2D eigenvalue weighted by Crippen LogP contribution is 2.37. The van der Waals surface area contributed by atoms with E-state index in [1.165, 1.54) is 0 Å². The predicted molar refractivity (Wildman–Crippen MR) is 101 cm³/mol. The number of hydrogen-bond donors (Lipinski definition) is 1. The van der Waals surface area contributed by atoms with E-state index in [0.29, 0.717) is 6.07 Å². The highest BCUT2D eigenvalue weighted by molar-refractivity contribution is 5.69. The van der Waals surface area contributed by atoms with Crippen LogP contribution in [0.2, 0.25) is 0 Å². The van der Waals surface area contributed by atoms with Gasteiger partial charge in [-0.25, -0.2) is 18.0 Å². The molecule has 2 aliphatic heterocycles. The van der Waals surface area contributed by atoms with Crippen LogP contribution in [-0.4, -0.2) is 47.0 Å². The average Bonchev–Trinajstić information content (AvgIpc) is 2.70. The molecule has 2 aromatic rings. The molecule has 0 aliphatic carbocycles. The molecule has 1 N–H and O–H groups in total. The second-order valence-corrected chi connectivity index (χ2v) is 7.96. The lowest BCUT2D eigenvalue weighted by Gasteiger charge is -2.51. The Kier molecular flexibility index (Phi) is 5.71. The van der Waals surface area contributed by atoms with Gasteiger partial charge in [-0.2, -0.15) is 0 Å². The molecule has 30 heavy (non-hydrogen) atoms. The van der Waals surface area contributed by atoms with Gasteiger partial charge in [0, 0.05) is 12.5 Å². The van der Waals surface area contributed by atoms with Gasteiger partial charge in [0.2, 0.25) is 0 Å². The summed E-state index contributed by atoms with van der Waals surface area (Å²) in [5, 5.41) is 11.1. The second-order valence-electron chi connectivity index (χ2n) is 7.96. The number of piperidine rings is 1. The van der Waals surface area contributed by atoms with Gasteiger partial charge in [-0.3, -0.25) is 4.90 Å². The van der Waals surface area contributed by atoms with Crippen LogP contribution < -0.4 is 0 Å². The lowest BCUT2D eigenvalue weighted by molar-refractivity contribution is -0.133. The van der Waals surface area contributed by atoms with E-state index in [0.717, 1.165) is 11.6 Å². The average molecular weight is 421 g/mol. The van der Waals surface area contributed by atoms with Gasteiger partial charge in [0.1, 0.15) is 12.4 Å². The third-order valence-electron chi connectivity index (χ3n) is 5.66. The zero-order valence-electron chi connectivity index (χ0n) is 16.2. The Morgan fingerprint density at radius 2 is 1.70 bits per heavy atom. The van der Waals surface area contributed by atoms with Crippen molar-refractivity contribution >= 4 is 6.09 Å². The van der Waals surface area contributed by atoms with E-state index in [9.17, 15) is 23.1 Å². The molecule has 2 fully saturated rings. The van der Waals surface area contributed by atoms with Crippen LogP contribution in [0.5, 0.6) is 0 Å². The lowest BCUT2D eigenvalue weighted by atomic mass is 9.77. The number of hydrogen-bond acceptors (Lipinski definition) is 4. The third kappa shape index (κ3) is 4.29. The molecule has 2 aliphatic rings. The van der Waals surface area contributed by atoms with E-state index in [-0.39, 0.29) is 44.6 Å². The Balaban J connectivity index is 1.46. The summed E-state index contributed by atoms with van der Waals surface area (Å²) in [4.78, 5) is 14.3. The molecule has 1 amide bonds. The number of nitrogens with zero attached hydrogens (tertiary/aromatic N) is 1. The number of ether oxygens (including phenoxy) is 2. The fourth-order valence-corrected chi connectivity index (χ4v) is 4.36. The number of rotatable bonds is 4. The van der Waals surface area contributed by atoms with Gasteiger partial charge in [-0.05, 0) is 30.0 Å². The molecule has 2 saturated heterocycles. The van der Waals surface area contributed by atoms with E-state index in [1.54, 1.807) is 4.90 Å². The number of morpholine rings is 1. The maximum absolute atomic E-state index is 14.1. The molecule has 8 heteroatoms. The van der Waals surface area contributed by atoms with Crippen LogP contribution in [0.1, 0.15) is 24.0 Å². The fraction of sp³-hybridized carbons (Fsp3) is 0.409. The normalized spacial score (nSPS) is 25.8. The maximum Gasteiger partial charge on any atom is 0.410 e. The molecule has 2 atom stereocenters. The molecular weight excluding hydrogens is 399 g/mol. The van der Waals surface area contributed by atoms with E-state index >= 15 is 0 Å². The van der Waals surface area contributed by atoms with Gasteiger partial charge < -0.3 is 14.6 Å². The van der Waals surface area contributed by atoms with Crippen LogP contribution in [0, 0.1) is 17.5 Å². The van der Waals surface area contributed by atoms with Crippen LogP contribution in [0.15, 0.2) is 42.5 Å². The first-order valence-corrected chi connectivity index (χ1v) is 9.77. The van der Waals surface area contributed by atoms with Gasteiger partial charge in [0.15, 0.2) is 11.6 Å². The first kappa shape index (κ1) is 20.7. The van der Waals surface area contributed by atoms with Crippen LogP contribution in [0.4, 0.5) is 18.0 Å². The minimum Gasteiger partial charge on any atom is -0.445 e. The van der Waals surface area contributed by atoms with Gasteiger partial charge in [0.05, 0.1) is 30.9 Å². The van der Waals surface area contributed by atoms with Crippen molar-refractivity contribution in [3.05, 3.63) is 71.0 Å². The number of amides is 1. The number of fused-ring (bicyclic) bond motifs is 2.